The number of hydrogen-bond acceptors (Lipinski definition) is 3. The molecule has 0 fully saturated rings. The quantitative estimate of drug-likeness (QED) is 0.801. The van der Waals surface area contributed by atoms with Crippen LogP contribution in [0, 0.1) is 6.92 Å². The van der Waals surface area contributed by atoms with Crippen molar-refractivity contribution in [1.82, 2.24) is 9.97 Å². The van der Waals surface area contributed by atoms with Crippen LogP contribution in [0.2, 0.25) is 5.02 Å². The summed E-state index contributed by atoms with van der Waals surface area (Å²) in [5.74, 6) is 0. The average molecular weight is 235 g/mol. The van der Waals surface area contributed by atoms with Gasteiger partial charge in [-0.3, -0.25) is 0 Å². The normalized spacial score (nSPS) is 10.2. The lowest BCUT2D eigenvalue weighted by molar-refractivity contribution is 0.379. The van der Waals surface area contributed by atoms with Crippen molar-refractivity contribution < 1.29 is 4.74 Å². The third-order valence-corrected chi connectivity index (χ3v) is 2.41. The average Bonchev–Trinajstić information content (AvgIpc) is 2.29. The molecule has 0 N–H and O–H groups in total. The van der Waals surface area contributed by atoms with Crippen LogP contribution in [0.5, 0.6) is 6.01 Å². The smallest absolute Gasteiger partial charge is 0.316 e. The summed E-state index contributed by atoms with van der Waals surface area (Å²) in [5, 5.41) is 0.710. The molecule has 0 aliphatic carbocycles. The first kappa shape index (κ1) is 10.9. The van der Waals surface area contributed by atoms with Crippen LogP contribution < -0.4 is 4.74 Å². The SMILES string of the molecule is COc1nc(C)cc(-c2ccc(Cl)cc2)n1. The molecule has 3 nitrogen and oxygen atoms in total. The van der Waals surface area contributed by atoms with E-state index in [-0.39, 0.29) is 0 Å². The van der Waals surface area contributed by atoms with Crippen molar-refractivity contribution in [1.29, 1.82) is 0 Å². The molecule has 0 atom stereocenters. The molecule has 0 unspecified atom stereocenters. The van der Waals surface area contributed by atoms with Gasteiger partial charge in [-0.05, 0) is 25.1 Å². The molecular formula is C12H11ClN2O. The van der Waals surface area contributed by atoms with Crippen molar-refractivity contribution >= 4 is 11.6 Å². The highest BCUT2D eigenvalue weighted by Gasteiger charge is 2.04. The fourth-order valence-corrected chi connectivity index (χ4v) is 1.53. The van der Waals surface area contributed by atoms with Crippen molar-refractivity contribution in [2.75, 3.05) is 7.11 Å². The Kier molecular flexibility index (Phi) is 3.06. The Morgan fingerprint density at radius 1 is 1.12 bits per heavy atom. The van der Waals surface area contributed by atoms with Crippen molar-refractivity contribution in [2.24, 2.45) is 0 Å². The Morgan fingerprint density at radius 3 is 2.44 bits per heavy atom. The fourth-order valence-electron chi connectivity index (χ4n) is 1.40. The molecule has 1 heterocycles. The molecular weight excluding hydrogens is 224 g/mol. The predicted octanol–water partition coefficient (Wildman–Crippen LogP) is 3.11. The van der Waals surface area contributed by atoms with E-state index in [0.717, 1.165) is 17.0 Å². The van der Waals surface area contributed by atoms with Gasteiger partial charge in [-0.1, -0.05) is 23.7 Å². The summed E-state index contributed by atoms with van der Waals surface area (Å²) >= 11 is 5.83. The number of hydrogen-bond donors (Lipinski definition) is 0. The Hall–Kier alpha value is -1.61. The first-order valence-electron chi connectivity index (χ1n) is 4.84. The first-order chi connectivity index (χ1) is 7.69. The zero-order chi connectivity index (χ0) is 11.5. The molecule has 0 saturated carbocycles. The van der Waals surface area contributed by atoms with Gasteiger partial charge < -0.3 is 4.74 Å². The minimum Gasteiger partial charge on any atom is -0.467 e. The Bertz CT molecular complexity index is 497. The summed E-state index contributed by atoms with van der Waals surface area (Å²) < 4.78 is 5.03. The summed E-state index contributed by atoms with van der Waals surface area (Å²) in [5.41, 5.74) is 2.70. The van der Waals surface area contributed by atoms with Crippen LogP contribution in [-0.4, -0.2) is 17.1 Å². The maximum atomic E-state index is 5.83. The summed E-state index contributed by atoms with van der Waals surface area (Å²) in [7, 11) is 1.56. The lowest BCUT2D eigenvalue weighted by atomic mass is 10.1. The maximum Gasteiger partial charge on any atom is 0.316 e. The number of ether oxygens (including phenoxy) is 1. The Labute approximate surface area is 99.1 Å². The zero-order valence-electron chi connectivity index (χ0n) is 9.07. The van der Waals surface area contributed by atoms with Crippen LogP contribution in [0.15, 0.2) is 30.3 Å². The van der Waals surface area contributed by atoms with E-state index in [9.17, 15) is 0 Å². The van der Waals surface area contributed by atoms with Crippen molar-refractivity contribution in [3.63, 3.8) is 0 Å². The third kappa shape index (κ3) is 2.31. The Morgan fingerprint density at radius 2 is 1.81 bits per heavy atom. The van der Waals surface area contributed by atoms with Crippen LogP contribution in [0.1, 0.15) is 5.69 Å². The van der Waals surface area contributed by atoms with Crippen LogP contribution >= 0.6 is 11.6 Å². The molecule has 16 heavy (non-hydrogen) atoms. The molecule has 0 saturated heterocycles. The number of nitrogens with zero attached hydrogens (tertiary/aromatic N) is 2. The summed E-state index contributed by atoms with van der Waals surface area (Å²) in [6, 6.07) is 9.80. The summed E-state index contributed by atoms with van der Waals surface area (Å²) in [6.07, 6.45) is 0. The first-order valence-corrected chi connectivity index (χ1v) is 5.22. The second-order valence-electron chi connectivity index (χ2n) is 3.39. The molecule has 0 radical (unpaired) electrons. The molecule has 2 aromatic rings. The molecule has 0 aliphatic rings. The van der Waals surface area contributed by atoms with Crippen molar-refractivity contribution in [3.8, 4) is 17.3 Å². The van der Waals surface area contributed by atoms with Gasteiger partial charge >= 0.3 is 6.01 Å². The van der Waals surface area contributed by atoms with E-state index in [4.69, 9.17) is 16.3 Å². The van der Waals surface area contributed by atoms with Crippen LogP contribution in [-0.2, 0) is 0 Å². The van der Waals surface area contributed by atoms with Gasteiger partial charge in [0.05, 0.1) is 12.8 Å². The second-order valence-corrected chi connectivity index (χ2v) is 3.82. The number of benzene rings is 1. The molecule has 4 heteroatoms. The van der Waals surface area contributed by atoms with Gasteiger partial charge in [0, 0.05) is 16.3 Å². The van der Waals surface area contributed by atoms with Gasteiger partial charge in [0.25, 0.3) is 0 Å². The topological polar surface area (TPSA) is 35.0 Å². The monoisotopic (exact) mass is 234 g/mol. The minimum absolute atomic E-state index is 0.380. The number of methoxy groups -OCH3 is 1. The van der Waals surface area contributed by atoms with Crippen LogP contribution in [0.25, 0.3) is 11.3 Å². The molecule has 82 valence electrons. The summed E-state index contributed by atoms with van der Waals surface area (Å²) in [6.45, 7) is 1.91. The van der Waals surface area contributed by atoms with Gasteiger partial charge in [0.15, 0.2) is 0 Å². The van der Waals surface area contributed by atoms with Crippen molar-refractivity contribution in [2.45, 2.75) is 6.92 Å². The molecule has 0 spiro atoms. The van der Waals surface area contributed by atoms with Gasteiger partial charge in [0.1, 0.15) is 0 Å². The number of aryl methyl sites for hydroxylation is 1. The van der Waals surface area contributed by atoms with Gasteiger partial charge in [-0.2, -0.15) is 4.98 Å². The predicted molar refractivity (Wildman–Crippen MR) is 63.8 cm³/mol. The van der Waals surface area contributed by atoms with E-state index in [1.165, 1.54) is 0 Å². The lowest BCUT2D eigenvalue weighted by Crippen LogP contribution is -1.95. The molecule has 0 aliphatic heterocycles. The second kappa shape index (κ2) is 4.49. The zero-order valence-corrected chi connectivity index (χ0v) is 9.82. The van der Waals surface area contributed by atoms with E-state index < -0.39 is 0 Å². The minimum atomic E-state index is 0.380. The standard InChI is InChI=1S/C12H11ClN2O/c1-8-7-11(15-12(14-8)16-2)9-3-5-10(13)6-4-9/h3-7H,1-2H3. The van der Waals surface area contributed by atoms with Gasteiger partial charge in [0.2, 0.25) is 0 Å². The lowest BCUT2D eigenvalue weighted by Gasteiger charge is -2.04. The van der Waals surface area contributed by atoms with E-state index in [1.807, 2.05) is 37.3 Å². The molecule has 0 amide bonds. The van der Waals surface area contributed by atoms with Crippen LogP contribution in [0.4, 0.5) is 0 Å². The number of halogens is 1. The highest BCUT2D eigenvalue weighted by molar-refractivity contribution is 6.30. The largest absolute Gasteiger partial charge is 0.467 e. The van der Waals surface area contributed by atoms with Crippen molar-refractivity contribution in [3.05, 3.63) is 41.0 Å². The molecule has 0 bridgehead atoms. The van der Waals surface area contributed by atoms with E-state index >= 15 is 0 Å². The molecule has 2 rings (SSSR count). The molecule has 1 aromatic carbocycles. The third-order valence-electron chi connectivity index (χ3n) is 2.16. The van der Waals surface area contributed by atoms with Gasteiger partial charge in [-0.15, -0.1) is 0 Å². The number of aromatic nitrogens is 2. The maximum absolute atomic E-state index is 5.83. The fraction of sp³-hybridized carbons (Fsp3) is 0.167. The van der Waals surface area contributed by atoms with E-state index in [1.54, 1.807) is 7.11 Å². The van der Waals surface area contributed by atoms with E-state index in [0.29, 0.717) is 11.0 Å². The van der Waals surface area contributed by atoms with E-state index in [2.05, 4.69) is 9.97 Å². The number of rotatable bonds is 2. The summed E-state index contributed by atoms with van der Waals surface area (Å²) in [4.78, 5) is 8.41. The highest BCUT2D eigenvalue weighted by Crippen LogP contribution is 2.21. The molecule has 1 aromatic heterocycles. The van der Waals surface area contributed by atoms with Crippen LogP contribution in [0.3, 0.4) is 0 Å². The highest BCUT2D eigenvalue weighted by atomic mass is 35.5. The Balaban J connectivity index is 2.47. The van der Waals surface area contributed by atoms with Gasteiger partial charge in [-0.25, -0.2) is 4.98 Å².